The van der Waals surface area contributed by atoms with Crippen LogP contribution >= 0.6 is 0 Å². The van der Waals surface area contributed by atoms with Crippen LogP contribution in [0.1, 0.15) is 16.7 Å². The smallest absolute Gasteiger partial charge is 0.322 e. The minimum Gasteiger partial charge on any atom is -0.322 e. The zero-order valence-corrected chi connectivity index (χ0v) is 15.3. The fraction of sp³-hybridized carbons (Fsp3) is 0.105. The van der Waals surface area contributed by atoms with Crippen LogP contribution in [-0.2, 0) is 6.18 Å². The highest BCUT2D eigenvalue weighted by atomic mass is 19.4. The maximum Gasteiger partial charge on any atom is 0.419 e. The number of hydrogen-bond donors (Lipinski definition) is 1. The molecule has 0 atom stereocenters. The minimum absolute atomic E-state index is 0.0222. The highest BCUT2D eigenvalue weighted by Gasteiger charge is 2.31. The van der Waals surface area contributed by atoms with E-state index in [1.165, 1.54) is 18.6 Å². The van der Waals surface area contributed by atoms with Crippen LogP contribution in [-0.4, -0.2) is 29.9 Å². The van der Waals surface area contributed by atoms with E-state index in [9.17, 15) is 13.2 Å². The van der Waals surface area contributed by atoms with E-state index in [1.807, 2.05) is 13.0 Å². The lowest BCUT2D eigenvalue weighted by Crippen LogP contribution is -2.07. The van der Waals surface area contributed by atoms with E-state index >= 15 is 0 Å². The molecule has 0 saturated heterocycles. The second-order valence-electron chi connectivity index (χ2n) is 6.21. The fourth-order valence-corrected chi connectivity index (χ4v) is 2.70. The largest absolute Gasteiger partial charge is 0.419 e. The van der Waals surface area contributed by atoms with Crippen LogP contribution in [0.15, 0.2) is 43.1 Å². The van der Waals surface area contributed by atoms with E-state index in [4.69, 9.17) is 5.26 Å². The number of aromatic nitrogens is 6. The predicted molar refractivity (Wildman–Crippen MR) is 100 cm³/mol. The number of rotatable bonds is 3. The van der Waals surface area contributed by atoms with Gasteiger partial charge in [-0.25, -0.2) is 24.9 Å². The van der Waals surface area contributed by atoms with Gasteiger partial charge in [0.05, 0.1) is 28.7 Å². The summed E-state index contributed by atoms with van der Waals surface area (Å²) in [5, 5.41) is 11.8. The lowest BCUT2D eigenvalue weighted by molar-refractivity contribution is -0.138. The van der Waals surface area contributed by atoms with Crippen molar-refractivity contribution in [3.8, 4) is 17.5 Å². The monoisotopic (exact) mass is 408 g/mol. The molecule has 0 aliphatic heterocycles. The fourth-order valence-electron chi connectivity index (χ4n) is 2.70. The second kappa shape index (κ2) is 7.32. The molecule has 1 N–H and O–H groups in total. The van der Waals surface area contributed by atoms with E-state index in [-0.39, 0.29) is 5.95 Å². The van der Waals surface area contributed by atoms with Gasteiger partial charge < -0.3 is 5.32 Å². The number of alkyl halides is 3. The molecule has 0 bridgehead atoms. The number of anilines is 2. The van der Waals surface area contributed by atoms with Crippen molar-refractivity contribution in [2.24, 2.45) is 0 Å². The lowest BCUT2D eigenvalue weighted by atomic mass is 10.1. The van der Waals surface area contributed by atoms with Gasteiger partial charge >= 0.3 is 6.18 Å². The Bertz CT molecular complexity index is 1280. The molecule has 4 aromatic heterocycles. The number of hydrogen-bond acceptors (Lipinski definition) is 8. The van der Waals surface area contributed by atoms with Crippen LogP contribution in [0, 0.1) is 18.3 Å². The van der Waals surface area contributed by atoms with Crippen molar-refractivity contribution in [3.63, 3.8) is 0 Å². The number of halogens is 3. The van der Waals surface area contributed by atoms with Gasteiger partial charge in [-0.15, -0.1) is 0 Å². The zero-order chi connectivity index (χ0) is 21.3. The number of nitrogens with zero attached hydrogens (tertiary/aromatic N) is 7. The number of nitriles is 1. The minimum atomic E-state index is -4.51. The first kappa shape index (κ1) is 19.1. The van der Waals surface area contributed by atoms with Crippen molar-refractivity contribution in [1.82, 2.24) is 29.9 Å². The third kappa shape index (κ3) is 3.70. The normalized spacial score (nSPS) is 11.3. The van der Waals surface area contributed by atoms with Gasteiger partial charge in [-0.3, -0.25) is 4.98 Å². The maximum atomic E-state index is 12.7. The highest BCUT2D eigenvalue weighted by molar-refractivity contribution is 5.87. The lowest BCUT2D eigenvalue weighted by Gasteiger charge is -2.10. The molecular weight excluding hydrogens is 397 g/mol. The molecular formula is C19H11F3N8. The van der Waals surface area contributed by atoms with Crippen LogP contribution in [0.25, 0.3) is 22.6 Å². The average molecular weight is 408 g/mol. The van der Waals surface area contributed by atoms with Crippen LogP contribution in [0.2, 0.25) is 0 Å². The van der Waals surface area contributed by atoms with Crippen LogP contribution in [0.4, 0.5) is 24.8 Å². The number of pyridine rings is 2. The summed E-state index contributed by atoms with van der Waals surface area (Å²) in [5.74, 6) is -0.0222. The van der Waals surface area contributed by atoms with Crippen LogP contribution < -0.4 is 5.32 Å². The first-order valence-corrected chi connectivity index (χ1v) is 8.50. The van der Waals surface area contributed by atoms with E-state index in [0.717, 1.165) is 5.56 Å². The molecule has 0 aromatic carbocycles. The van der Waals surface area contributed by atoms with Gasteiger partial charge in [-0.2, -0.15) is 18.4 Å². The van der Waals surface area contributed by atoms with Crippen molar-refractivity contribution in [3.05, 3.63) is 59.8 Å². The molecule has 0 aliphatic rings. The summed E-state index contributed by atoms with van der Waals surface area (Å²) >= 11 is 0. The molecule has 8 nitrogen and oxygen atoms in total. The van der Waals surface area contributed by atoms with Gasteiger partial charge in [0.25, 0.3) is 0 Å². The van der Waals surface area contributed by atoms with Crippen molar-refractivity contribution in [1.29, 1.82) is 5.26 Å². The first-order valence-electron chi connectivity index (χ1n) is 8.50. The van der Waals surface area contributed by atoms with Crippen molar-refractivity contribution >= 4 is 22.8 Å². The average Bonchev–Trinajstić information content (AvgIpc) is 2.73. The van der Waals surface area contributed by atoms with Crippen molar-refractivity contribution in [2.45, 2.75) is 13.1 Å². The van der Waals surface area contributed by atoms with Crippen molar-refractivity contribution < 1.29 is 13.2 Å². The molecule has 4 heterocycles. The Morgan fingerprint density at radius 1 is 1.00 bits per heavy atom. The number of nitrogens with one attached hydrogen (secondary N) is 1. The SMILES string of the molecule is Cc1cc(C#N)cnc1-c1cnc2c(Nc3ncc(C(F)(F)F)cn3)ccnc2n1. The summed E-state index contributed by atoms with van der Waals surface area (Å²) in [5.41, 5.74) is 2.41. The number of aryl methyl sites for hydroxylation is 1. The summed E-state index contributed by atoms with van der Waals surface area (Å²) in [6.07, 6.45) is 1.31. The molecule has 0 fully saturated rings. The van der Waals surface area contributed by atoms with E-state index in [1.54, 1.807) is 12.1 Å². The van der Waals surface area contributed by atoms with Gasteiger partial charge in [0.2, 0.25) is 5.95 Å². The van der Waals surface area contributed by atoms with Gasteiger partial charge in [-0.1, -0.05) is 0 Å². The molecule has 0 radical (unpaired) electrons. The Morgan fingerprint density at radius 3 is 2.43 bits per heavy atom. The van der Waals surface area contributed by atoms with E-state index in [0.29, 0.717) is 46.2 Å². The van der Waals surface area contributed by atoms with Crippen LogP contribution in [0.3, 0.4) is 0 Å². The highest BCUT2D eigenvalue weighted by Crippen LogP contribution is 2.29. The predicted octanol–water partition coefficient (Wildman–Crippen LogP) is 3.82. The summed E-state index contributed by atoms with van der Waals surface area (Å²) in [7, 11) is 0. The maximum absolute atomic E-state index is 12.7. The third-order valence-electron chi connectivity index (χ3n) is 4.12. The van der Waals surface area contributed by atoms with Crippen molar-refractivity contribution in [2.75, 3.05) is 5.32 Å². The standard InChI is InChI=1S/C19H11F3N8/c1-10-4-11(5-23)6-25-15(10)14-9-26-16-13(2-3-24-17(16)29-14)30-18-27-7-12(8-28-18)19(20,21)22/h2-4,6-9H,1H3,(H,24,27,28,29,30). The molecule has 11 heteroatoms. The Labute approximate surface area is 167 Å². The van der Waals surface area contributed by atoms with E-state index < -0.39 is 11.7 Å². The van der Waals surface area contributed by atoms with Gasteiger partial charge in [0.15, 0.2) is 5.65 Å². The topological polar surface area (TPSA) is 113 Å². The molecule has 0 saturated carbocycles. The van der Waals surface area contributed by atoms with Gasteiger partial charge in [0, 0.05) is 24.8 Å². The molecule has 4 aromatic rings. The van der Waals surface area contributed by atoms with E-state index in [2.05, 4.69) is 35.2 Å². The molecule has 0 spiro atoms. The number of fused-ring (bicyclic) bond motifs is 1. The van der Waals surface area contributed by atoms with Crippen LogP contribution in [0.5, 0.6) is 0 Å². The third-order valence-corrected chi connectivity index (χ3v) is 4.12. The molecule has 0 amide bonds. The van der Waals surface area contributed by atoms with Gasteiger partial charge in [-0.05, 0) is 24.6 Å². The summed E-state index contributed by atoms with van der Waals surface area (Å²) in [6.45, 7) is 1.81. The Hall–Kier alpha value is -4.20. The quantitative estimate of drug-likeness (QED) is 0.544. The Kier molecular flexibility index (Phi) is 4.67. The van der Waals surface area contributed by atoms with Gasteiger partial charge in [0.1, 0.15) is 17.3 Å². The zero-order valence-electron chi connectivity index (χ0n) is 15.3. The molecule has 30 heavy (non-hydrogen) atoms. The first-order chi connectivity index (χ1) is 14.3. The summed E-state index contributed by atoms with van der Waals surface area (Å²) in [4.78, 5) is 24.7. The molecule has 148 valence electrons. The molecule has 4 rings (SSSR count). The Morgan fingerprint density at radius 2 is 1.77 bits per heavy atom. The summed E-state index contributed by atoms with van der Waals surface area (Å²) < 4.78 is 38.0. The Balaban J connectivity index is 1.67. The molecule has 0 unspecified atom stereocenters. The molecule has 0 aliphatic carbocycles. The summed E-state index contributed by atoms with van der Waals surface area (Å²) in [6, 6.07) is 5.31. The second-order valence-corrected chi connectivity index (χ2v) is 6.21.